The molecule has 1 aliphatic heterocycles. The molecule has 1 heterocycles. The molecule has 1 atom stereocenters. The molecule has 13 heteroatoms. The summed E-state index contributed by atoms with van der Waals surface area (Å²) < 4.78 is 86.6. The highest BCUT2D eigenvalue weighted by Crippen LogP contribution is 2.48. The zero-order chi connectivity index (χ0) is 29.0. The first-order valence-electron chi connectivity index (χ1n) is 12.0. The Balaban J connectivity index is 2.05. The van der Waals surface area contributed by atoms with Gasteiger partial charge in [0.05, 0.1) is 18.7 Å². The number of amides is 1. The number of nitrogens with two attached hydrogens (primary N) is 2. The molecular weight excluding hydrogens is 528 g/mol. The Morgan fingerprint density at radius 2 is 1.69 bits per heavy atom. The molecule has 39 heavy (non-hydrogen) atoms. The topological polar surface area (TPSA) is 106 Å². The fourth-order valence-corrected chi connectivity index (χ4v) is 4.13. The summed E-state index contributed by atoms with van der Waals surface area (Å²) in [5, 5.41) is 6.99. The van der Waals surface area contributed by atoms with E-state index in [1.807, 2.05) is 6.92 Å². The van der Waals surface area contributed by atoms with Crippen molar-refractivity contribution in [2.45, 2.75) is 51.0 Å². The Bertz CT molecular complexity index is 1220. The van der Waals surface area contributed by atoms with E-state index in [9.17, 15) is 31.1 Å². The van der Waals surface area contributed by atoms with Crippen molar-refractivity contribution in [3.05, 3.63) is 70.8 Å². The Labute approximate surface area is 221 Å². The number of amidine groups is 1. The molecule has 0 radical (unpaired) electrons. The smallest absolute Gasteiger partial charge is 0.416 e. The Kier molecular flexibility index (Phi) is 8.84. The van der Waals surface area contributed by atoms with Crippen molar-refractivity contribution in [1.82, 2.24) is 10.4 Å². The first-order chi connectivity index (χ1) is 18.2. The maximum Gasteiger partial charge on any atom is 0.416 e. The Morgan fingerprint density at radius 1 is 1.08 bits per heavy atom. The van der Waals surface area contributed by atoms with E-state index >= 15 is 0 Å². The van der Waals surface area contributed by atoms with E-state index in [0.717, 1.165) is 22.8 Å². The molecule has 212 valence electrons. The van der Waals surface area contributed by atoms with Crippen LogP contribution in [0.25, 0.3) is 5.57 Å². The second kappa shape index (κ2) is 11.6. The van der Waals surface area contributed by atoms with Crippen LogP contribution >= 0.6 is 0 Å². The van der Waals surface area contributed by atoms with Gasteiger partial charge in [0, 0.05) is 12.8 Å². The fourth-order valence-electron chi connectivity index (χ4n) is 4.13. The number of aryl methyl sites for hydroxylation is 1. The minimum atomic E-state index is -4.95. The van der Waals surface area contributed by atoms with Crippen LogP contribution in [0, 0.1) is 6.92 Å². The number of nitrogens with zero attached hydrogens (tertiary/aromatic N) is 2. The van der Waals surface area contributed by atoms with Crippen LogP contribution in [0.15, 0.2) is 59.2 Å². The van der Waals surface area contributed by atoms with Gasteiger partial charge in [0.25, 0.3) is 5.91 Å². The highest BCUT2D eigenvalue weighted by Gasteiger charge is 2.59. The number of nitrogens with one attached hydrogen (secondary N) is 1. The van der Waals surface area contributed by atoms with Gasteiger partial charge in [-0.1, -0.05) is 42.0 Å². The molecule has 5 N–H and O–H groups in total. The van der Waals surface area contributed by atoms with E-state index in [2.05, 4.69) is 10.4 Å². The number of rotatable bonds is 9. The summed E-state index contributed by atoms with van der Waals surface area (Å²) in [6.07, 6.45) is -11.3. The lowest BCUT2D eigenvalue weighted by molar-refractivity contribution is -0.201. The molecule has 1 amide bonds. The van der Waals surface area contributed by atoms with Crippen molar-refractivity contribution in [2.75, 3.05) is 13.2 Å². The first-order valence-corrected chi connectivity index (χ1v) is 12.0. The minimum Gasteiger partial charge on any atom is -0.494 e. The molecule has 0 aromatic heterocycles. The van der Waals surface area contributed by atoms with Crippen LogP contribution in [0.3, 0.4) is 0 Å². The molecule has 2 aromatic rings. The standard InChI is InChI=1S/C26H29F6N5O2/c1-3-37(34)36-22(33)21-20(17-7-5-16(2)6-8-17)15-24(26(30,31)32,35-23(21)38)18-9-11-19(12-10-18)39-14-4-13-25(27,28)29/h5-12H,3-4,13-15,34H2,1-2H3,(H2,33,36)(H,35,38). The lowest BCUT2D eigenvalue weighted by atomic mass is 9.76. The maximum atomic E-state index is 14.8. The van der Waals surface area contributed by atoms with Crippen LogP contribution in [0.2, 0.25) is 0 Å². The first kappa shape index (κ1) is 29.8. The van der Waals surface area contributed by atoms with Gasteiger partial charge in [0.15, 0.2) is 11.4 Å². The SMILES string of the molecule is CCN(N)/N=C(\N)C1=C(c2ccc(C)cc2)CC(c2ccc(OCCCC(F)(F)F)cc2)(C(F)(F)F)NC1=O. The second-order valence-electron chi connectivity index (χ2n) is 9.09. The number of hydrazine groups is 1. The lowest BCUT2D eigenvalue weighted by Gasteiger charge is -2.41. The molecule has 0 saturated heterocycles. The number of hydrogen-bond acceptors (Lipinski definition) is 5. The van der Waals surface area contributed by atoms with Crippen molar-refractivity contribution in [2.24, 2.45) is 16.7 Å². The molecule has 3 rings (SSSR count). The lowest BCUT2D eigenvalue weighted by Crippen LogP contribution is -2.59. The maximum absolute atomic E-state index is 14.8. The normalized spacial score (nSPS) is 18.7. The molecule has 0 bridgehead atoms. The predicted molar refractivity (Wildman–Crippen MR) is 134 cm³/mol. The van der Waals surface area contributed by atoms with Gasteiger partial charge in [-0.3, -0.25) is 4.79 Å². The number of alkyl halides is 6. The largest absolute Gasteiger partial charge is 0.494 e. The van der Waals surface area contributed by atoms with E-state index in [1.54, 1.807) is 31.2 Å². The second-order valence-corrected chi connectivity index (χ2v) is 9.09. The summed E-state index contributed by atoms with van der Waals surface area (Å²) >= 11 is 0. The van der Waals surface area contributed by atoms with Gasteiger partial charge in [-0.05, 0) is 49.1 Å². The zero-order valence-corrected chi connectivity index (χ0v) is 21.3. The van der Waals surface area contributed by atoms with Crippen molar-refractivity contribution in [1.29, 1.82) is 0 Å². The molecule has 1 aliphatic rings. The number of benzene rings is 2. The summed E-state index contributed by atoms with van der Waals surface area (Å²) in [5.74, 6) is 4.35. The Hall–Kier alpha value is -3.74. The highest BCUT2D eigenvalue weighted by atomic mass is 19.4. The quantitative estimate of drug-likeness (QED) is 0.101. The highest BCUT2D eigenvalue weighted by molar-refractivity contribution is 6.26. The van der Waals surface area contributed by atoms with E-state index < -0.39 is 36.6 Å². The number of carbonyl (C=O) groups is 1. The van der Waals surface area contributed by atoms with E-state index in [0.29, 0.717) is 5.56 Å². The van der Waals surface area contributed by atoms with Gasteiger partial charge in [0.2, 0.25) is 0 Å². The van der Waals surface area contributed by atoms with Gasteiger partial charge >= 0.3 is 12.4 Å². The third kappa shape index (κ3) is 7.02. The van der Waals surface area contributed by atoms with Crippen molar-refractivity contribution >= 4 is 17.3 Å². The van der Waals surface area contributed by atoms with Gasteiger partial charge in [-0.2, -0.15) is 26.3 Å². The van der Waals surface area contributed by atoms with Crippen molar-refractivity contribution in [3.63, 3.8) is 0 Å². The summed E-state index contributed by atoms with van der Waals surface area (Å²) in [7, 11) is 0. The van der Waals surface area contributed by atoms with Gasteiger partial charge in [-0.15, -0.1) is 5.10 Å². The molecule has 1 unspecified atom stereocenters. The molecule has 0 aliphatic carbocycles. The summed E-state index contributed by atoms with van der Waals surface area (Å²) in [5.41, 5.74) is 3.92. The van der Waals surface area contributed by atoms with Gasteiger partial charge in [0.1, 0.15) is 5.75 Å². The summed E-state index contributed by atoms with van der Waals surface area (Å²) in [6.45, 7) is 3.44. The fraction of sp³-hybridized carbons (Fsp3) is 0.385. The molecule has 0 fully saturated rings. The summed E-state index contributed by atoms with van der Waals surface area (Å²) in [6, 6.07) is 11.3. The van der Waals surface area contributed by atoms with Gasteiger partial charge < -0.3 is 15.8 Å². The zero-order valence-electron chi connectivity index (χ0n) is 21.3. The van der Waals surface area contributed by atoms with Crippen LogP contribution in [0.5, 0.6) is 5.75 Å². The molecular formula is C26H29F6N5O2. The molecule has 0 spiro atoms. The van der Waals surface area contributed by atoms with Crippen molar-refractivity contribution in [3.8, 4) is 5.75 Å². The summed E-state index contributed by atoms with van der Waals surface area (Å²) in [4.78, 5) is 13.3. The minimum absolute atomic E-state index is 0.0225. The third-order valence-electron chi connectivity index (χ3n) is 6.22. The number of carbonyl (C=O) groups excluding carboxylic acids is 1. The van der Waals surface area contributed by atoms with Crippen LogP contribution in [-0.2, 0) is 10.3 Å². The predicted octanol–water partition coefficient (Wildman–Crippen LogP) is 4.92. The molecule has 2 aromatic carbocycles. The average molecular weight is 558 g/mol. The van der Waals surface area contributed by atoms with Crippen LogP contribution in [0.1, 0.15) is 42.9 Å². The third-order valence-corrected chi connectivity index (χ3v) is 6.22. The van der Waals surface area contributed by atoms with Crippen LogP contribution < -0.4 is 21.6 Å². The number of hydrogen-bond donors (Lipinski definition) is 3. The monoisotopic (exact) mass is 557 g/mol. The van der Waals surface area contributed by atoms with Crippen LogP contribution in [-0.4, -0.2) is 42.4 Å². The number of ether oxygens (including phenoxy) is 1. The molecule has 7 nitrogen and oxygen atoms in total. The average Bonchev–Trinajstić information content (AvgIpc) is 2.85. The molecule has 0 saturated carbocycles. The Morgan fingerprint density at radius 3 is 2.23 bits per heavy atom. The number of hydrazone groups is 1. The van der Waals surface area contributed by atoms with E-state index in [1.165, 1.54) is 12.1 Å². The van der Waals surface area contributed by atoms with E-state index in [4.69, 9.17) is 16.3 Å². The van der Waals surface area contributed by atoms with Crippen molar-refractivity contribution < 1.29 is 35.9 Å². The van der Waals surface area contributed by atoms with E-state index in [-0.39, 0.29) is 47.9 Å². The number of halogens is 6. The van der Waals surface area contributed by atoms with Gasteiger partial charge in [-0.25, -0.2) is 11.0 Å². The van der Waals surface area contributed by atoms with Crippen LogP contribution in [0.4, 0.5) is 26.3 Å².